The molecule has 0 saturated heterocycles. The summed E-state index contributed by atoms with van der Waals surface area (Å²) in [5.41, 5.74) is 2.13. The molecule has 0 heterocycles. The van der Waals surface area contributed by atoms with Crippen molar-refractivity contribution in [3.8, 4) is 5.75 Å². The fourth-order valence-corrected chi connectivity index (χ4v) is 2.14. The normalized spacial score (nSPS) is 10.3. The van der Waals surface area contributed by atoms with Gasteiger partial charge >= 0.3 is 0 Å². The van der Waals surface area contributed by atoms with E-state index in [1.807, 2.05) is 42.5 Å². The van der Waals surface area contributed by atoms with E-state index in [-0.39, 0.29) is 0 Å². The summed E-state index contributed by atoms with van der Waals surface area (Å²) in [6.07, 6.45) is 0.968. The molecular formula is C16H17Cl2NO. The van der Waals surface area contributed by atoms with Crippen LogP contribution in [0.1, 0.15) is 18.9 Å². The summed E-state index contributed by atoms with van der Waals surface area (Å²) in [5, 5.41) is 4.70. The molecule has 0 unspecified atom stereocenters. The van der Waals surface area contributed by atoms with Gasteiger partial charge in [0, 0.05) is 17.3 Å². The van der Waals surface area contributed by atoms with Gasteiger partial charge in [0.2, 0.25) is 0 Å². The molecule has 0 amide bonds. The number of halogens is 2. The smallest absolute Gasteiger partial charge is 0.137 e. The highest BCUT2D eigenvalue weighted by Gasteiger charge is 2.03. The third-order valence-corrected chi connectivity index (χ3v) is 3.35. The number of hydrogen-bond acceptors (Lipinski definition) is 2. The number of benzene rings is 2. The monoisotopic (exact) mass is 309 g/mol. The van der Waals surface area contributed by atoms with Gasteiger partial charge in [-0.2, -0.15) is 0 Å². The first-order valence-corrected chi connectivity index (χ1v) is 7.35. The molecule has 0 aromatic heterocycles. The van der Waals surface area contributed by atoms with Crippen LogP contribution in [0, 0.1) is 0 Å². The average Bonchev–Trinajstić information content (AvgIpc) is 2.46. The summed E-state index contributed by atoms with van der Waals surface area (Å²) in [4.78, 5) is 0. The Balaban J connectivity index is 1.96. The predicted octanol–water partition coefficient (Wildman–Crippen LogP) is 5.39. The molecule has 0 aliphatic heterocycles. The molecule has 0 bridgehead atoms. The molecule has 4 heteroatoms. The van der Waals surface area contributed by atoms with E-state index in [0.717, 1.165) is 28.4 Å². The van der Waals surface area contributed by atoms with Crippen LogP contribution in [0.4, 0.5) is 5.69 Å². The molecule has 20 heavy (non-hydrogen) atoms. The highest BCUT2D eigenvalue weighted by molar-refractivity contribution is 6.32. The van der Waals surface area contributed by atoms with Crippen LogP contribution in [0.5, 0.6) is 5.75 Å². The minimum absolute atomic E-state index is 0.647. The number of anilines is 1. The van der Waals surface area contributed by atoms with Crippen molar-refractivity contribution in [1.82, 2.24) is 0 Å². The summed E-state index contributed by atoms with van der Waals surface area (Å²) < 4.78 is 5.55. The first kappa shape index (κ1) is 15.0. The van der Waals surface area contributed by atoms with Gasteiger partial charge in [0.1, 0.15) is 5.75 Å². The number of nitrogens with one attached hydrogen (secondary N) is 1. The quantitative estimate of drug-likeness (QED) is 0.772. The Labute approximate surface area is 129 Å². The van der Waals surface area contributed by atoms with Gasteiger partial charge in [-0.05, 0) is 48.4 Å². The zero-order chi connectivity index (χ0) is 14.4. The van der Waals surface area contributed by atoms with Crippen LogP contribution in [-0.4, -0.2) is 6.61 Å². The second-order valence-electron chi connectivity index (χ2n) is 4.47. The highest BCUT2D eigenvalue weighted by atomic mass is 35.5. The topological polar surface area (TPSA) is 21.3 Å². The van der Waals surface area contributed by atoms with E-state index < -0.39 is 0 Å². The largest absolute Gasteiger partial charge is 0.492 e. The molecular weight excluding hydrogens is 293 g/mol. The Bertz CT molecular complexity index is 555. The van der Waals surface area contributed by atoms with Crippen molar-refractivity contribution >= 4 is 28.9 Å². The van der Waals surface area contributed by atoms with Gasteiger partial charge in [-0.25, -0.2) is 0 Å². The second-order valence-corrected chi connectivity index (χ2v) is 5.32. The van der Waals surface area contributed by atoms with Crippen LogP contribution in [0.2, 0.25) is 10.0 Å². The first-order chi connectivity index (χ1) is 9.69. The molecule has 0 radical (unpaired) electrons. The van der Waals surface area contributed by atoms with Gasteiger partial charge in [0.25, 0.3) is 0 Å². The van der Waals surface area contributed by atoms with Crippen molar-refractivity contribution in [2.24, 2.45) is 0 Å². The zero-order valence-corrected chi connectivity index (χ0v) is 12.8. The van der Waals surface area contributed by atoms with Crippen molar-refractivity contribution in [1.29, 1.82) is 0 Å². The fourth-order valence-electron chi connectivity index (χ4n) is 1.76. The number of ether oxygens (including phenoxy) is 1. The van der Waals surface area contributed by atoms with E-state index in [9.17, 15) is 0 Å². The van der Waals surface area contributed by atoms with E-state index in [2.05, 4.69) is 12.2 Å². The summed E-state index contributed by atoms with van der Waals surface area (Å²) in [6.45, 7) is 3.45. The van der Waals surface area contributed by atoms with Crippen molar-refractivity contribution in [2.75, 3.05) is 11.9 Å². The standard InChI is InChI=1S/C16H17Cl2NO/c1-2-9-20-16-8-3-12(10-15(16)18)11-19-14-6-4-13(17)5-7-14/h3-8,10,19H,2,9,11H2,1H3. The SMILES string of the molecule is CCCOc1ccc(CNc2ccc(Cl)cc2)cc1Cl. The van der Waals surface area contributed by atoms with Gasteiger partial charge in [0.05, 0.1) is 11.6 Å². The maximum absolute atomic E-state index is 6.20. The van der Waals surface area contributed by atoms with E-state index in [1.165, 1.54) is 0 Å². The van der Waals surface area contributed by atoms with E-state index in [0.29, 0.717) is 18.2 Å². The van der Waals surface area contributed by atoms with Crippen molar-refractivity contribution in [3.63, 3.8) is 0 Å². The molecule has 2 aromatic carbocycles. The van der Waals surface area contributed by atoms with Gasteiger partial charge in [-0.3, -0.25) is 0 Å². The molecule has 106 valence electrons. The van der Waals surface area contributed by atoms with Crippen LogP contribution in [0.25, 0.3) is 0 Å². The molecule has 0 aliphatic carbocycles. The minimum atomic E-state index is 0.647. The lowest BCUT2D eigenvalue weighted by molar-refractivity contribution is 0.317. The van der Waals surface area contributed by atoms with Crippen LogP contribution < -0.4 is 10.1 Å². The Morgan fingerprint density at radius 2 is 1.80 bits per heavy atom. The Morgan fingerprint density at radius 3 is 2.45 bits per heavy atom. The summed E-state index contributed by atoms with van der Waals surface area (Å²) in [6, 6.07) is 13.5. The van der Waals surface area contributed by atoms with Crippen LogP contribution in [0.15, 0.2) is 42.5 Å². The molecule has 0 aliphatic rings. The highest BCUT2D eigenvalue weighted by Crippen LogP contribution is 2.26. The third-order valence-electron chi connectivity index (χ3n) is 2.80. The number of hydrogen-bond donors (Lipinski definition) is 1. The Morgan fingerprint density at radius 1 is 1.05 bits per heavy atom. The minimum Gasteiger partial charge on any atom is -0.492 e. The van der Waals surface area contributed by atoms with E-state index in [4.69, 9.17) is 27.9 Å². The van der Waals surface area contributed by atoms with Gasteiger partial charge < -0.3 is 10.1 Å². The molecule has 1 N–H and O–H groups in total. The fraction of sp³-hybridized carbons (Fsp3) is 0.250. The van der Waals surface area contributed by atoms with Crippen molar-refractivity contribution < 1.29 is 4.74 Å². The van der Waals surface area contributed by atoms with E-state index in [1.54, 1.807) is 0 Å². The van der Waals surface area contributed by atoms with E-state index >= 15 is 0 Å². The molecule has 0 spiro atoms. The molecule has 2 aromatic rings. The maximum Gasteiger partial charge on any atom is 0.137 e. The zero-order valence-electron chi connectivity index (χ0n) is 11.3. The predicted molar refractivity (Wildman–Crippen MR) is 86.0 cm³/mol. The molecule has 2 rings (SSSR count). The summed E-state index contributed by atoms with van der Waals surface area (Å²) in [7, 11) is 0. The third kappa shape index (κ3) is 4.32. The van der Waals surface area contributed by atoms with Crippen LogP contribution >= 0.6 is 23.2 Å². The summed E-state index contributed by atoms with van der Waals surface area (Å²) >= 11 is 12.0. The van der Waals surface area contributed by atoms with Gasteiger partial charge in [-0.15, -0.1) is 0 Å². The van der Waals surface area contributed by atoms with Gasteiger partial charge in [-0.1, -0.05) is 36.2 Å². The molecule has 0 fully saturated rings. The average molecular weight is 310 g/mol. The lowest BCUT2D eigenvalue weighted by atomic mass is 10.2. The van der Waals surface area contributed by atoms with Crippen LogP contribution in [0.3, 0.4) is 0 Å². The number of rotatable bonds is 6. The molecule has 0 atom stereocenters. The maximum atomic E-state index is 6.20. The first-order valence-electron chi connectivity index (χ1n) is 6.59. The van der Waals surface area contributed by atoms with Crippen LogP contribution in [-0.2, 0) is 6.54 Å². The van der Waals surface area contributed by atoms with Crippen molar-refractivity contribution in [2.45, 2.75) is 19.9 Å². The Hall–Kier alpha value is -1.38. The summed E-state index contributed by atoms with van der Waals surface area (Å²) in [5.74, 6) is 0.740. The molecule has 0 saturated carbocycles. The lowest BCUT2D eigenvalue weighted by Gasteiger charge is -2.10. The molecule has 2 nitrogen and oxygen atoms in total. The van der Waals surface area contributed by atoms with Crippen molar-refractivity contribution in [3.05, 3.63) is 58.1 Å². The lowest BCUT2D eigenvalue weighted by Crippen LogP contribution is -2.00. The Kier molecular flexibility index (Phi) is 5.57. The second kappa shape index (κ2) is 7.41. The van der Waals surface area contributed by atoms with Gasteiger partial charge in [0.15, 0.2) is 0 Å².